The highest BCUT2D eigenvalue weighted by atomic mass is 16.8. The molecule has 22 heteroatoms. The van der Waals surface area contributed by atoms with Gasteiger partial charge in [-0.2, -0.15) is 0 Å². The van der Waals surface area contributed by atoms with Gasteiger partial charge in [0.2, 0.25) is 0 Å². The number of aliphatic carboxylic acids is 1. The molecule has 22 nitrogen and oxygen atoms in total. The van der Waals surface area contributed by atoms with Crippen LogP contribution >= 0.6 is 0 Å². The summed E-state index contributed by atoms with van der Waals surface area (Å²) in [7, 11) is 0. The maximum atomic E-state index is 13.9. The molecule has 79 heavy (non-hydrogen) atoms. The quantitative estimate of drug-likeness (QED) is 0.0477. The minimum absolute atomic E-state index is 0.0307. The zero-order valence-corrected chi connectivity index (χ0v) is 47.5. The van der Waals surface area contributed by atoms with Gasteiger partial charge in [-0.3, -0.25) is 4.79 Å². The second-order valence-electron chi connectivity index (χ2n) is 26.3. The van der Waals surface area contributed by atoms with E-state index in [1.807, 2.05) is 20.8 Å². The maximum Gasteiger partial charge on any atom is 0.335 e. The van der Waals surface area contributed by atoms with Gasteiger partial charge in [0.1, 0.15) is 73.2 Å². The Bertz CT molecular complexity index is 2290. The van der Waals surface area contributed by atoms with E-state index in [-0.39, 0.29) is 23.7 Å². The van der Waals surface area contributed by atoms with Gasteiger partial charge in [0.25, 0.3) is 0 Å². The Kier molecular flexibility index (Phi) is 17.9. The van der Waals surface area contributed by atoms with E-state index in [0.717, 1.165) is 5.57 Å². The van der Waals surface area contributed by atoms with Gasteiger partial charge in [-0.25, -0.2) is 9.59 Å². The van der Waals surface area contributed by atoms with E-state index in [9.17, 15) is 70.6 Å². The number of fused-ring (bicyclic) bond motifs is 7. The maximum absolute atomic E-state index is 13.9. The van der Waals surface area contributed by atoms with Crippen LogP contribution in [0.2, 0.25) is 0 Å². The molecule has 26 atom stereocenters. The molecular weight excluding hydrogens is 1040 g/mol. The van der Waals surface area contributed by atoms with Crippen LogP contribution in [0.25, 0.3) is 0 Å². The van der Waals surface area contributed by atoms with E-state index in [1.54, 1.807) is 26.8 Å². The highest BCUT2D eigenvalue weighted by Crippen LogP contribution is 2.76. The van der Waals surface area contributed by atoms with E-state index < -0.39 is 187 Å². The third-order valence-electron chi connectivity index (χ3n) is 21.5. The number of esters is 2. The summed E-state index contributed by atoms with van der Waals surface area (Å²) in [6.45, 7) is 19.8. The normalized spacial score (nSPS) is 48.7. The van der Waals surface area contributed by atoms with Crippen molar-refractivity contribution >= 4 is 17.9 Å². The van der Waals surface area contributed by atoms with Crippen LogP contribution in [0.15, 0.2) is 23.3 Å². The van der Waals surface area contributed by atoms with Crippen molar-refractivity contribution in [2.45, 2.75) is 238 Å². The van der Waals surface area contributed by atoms with Crippen molar-refractivity contribution in [1.82, 2.24) is 0 Å². The Morgan fingerprint density at radius 3 is 1.89 bits per heavy atom. The number of ether oxygens (including phenoxy) is 8. The molecule has 3 saturated heterocycles. The molecule has 11 N–H and O–H groups in total. The van der Waals surface area contributed by atoms with Gasteiger partial charge in [0, 0.05) is 11.0 Å². The largest absolute Gasteiger partial charge is 0.479 e. The van der Waals surface area contributed by atoms with Crippen molar-refractivity contribution < 1.29 is 108 Å². The summed E-state index contributed by atoms with van der Waals surface area (Å²) in [5.74, 6) is -3.72. The molecule has 0 aromatic rings. The van der Waals surface area contributed by atoms with Crippen molar-refractivity contribution in [2.24, 2.45) is 56.2 Å². The second kappa shape index (κ2) is 22.7. The lowest BCUT2D eigenvalue weighted by molar-refractivity contribution is -0.386. The van der Waals surface area contributed by atoms with Crippen LogP contribution in [0, 0.1) is 56.2 Å². The SMILES string of the molecule is C/C=C(/C)C(=O)O[C@H]1[C@H](OC(=O)[C@H](C)CC)[C@]2(CO)[C@H](O)C[C@]3(C)C(=CC[C@@H]4[C@@]5(C)CC[C@H](O[C@@H]6O[C@H](C(=O)O)[C@@H](O)[C@H](O[C@@H]7O[C@@H](CO)[C@H](O)[C@H]7O)[C@H]6O[C@@H]6O[C@H](CO)[C@H](O)[C@H](O)[C@H]6O)C(C)(C)[C@@H]5CC[C@]43C)[C@@H]2CC1(C)C. The van der Waals surface area contributed by atoms with Crippen LogP contribution < -0.4 is 0 Å². The van der Waals surface area contributed by atoms with Gasteiger partial charge in [-0.15, -0.1) is 0 Å². The molecule has 0 unspecified atom stereocenters. The number of rotatable bonds is 15. The Morgan fingerprint density at radius 1 is 0.722 bits per heavy atom. The lowest BCUT2D eigenvalue weighted by Crippen LogP contribution is -2.72. The molecule has 0 amide bonds. The van der Waals surface area contributed by atoms with Gasteiger partial charge < -0.3 is 94.1 Å². The zero-order valence-electron chi connectivity index (χ0n) is 47.5. The number of aliphatic hydroxyl groups is 10. The first-order valence-electron chi connectivity index (χ1n) is 28.4. The van der Waals surface area contributed by atoms with Gasteiger partial charge >= 0.3 is 17.9 Å². The summed E-state index contributed by atoms with van der Waals surface area (Å²) < 4.78 is 49.3. The van der Waals surface area contributed by atoms with Gasteiger partial charge in [0.05, 0.1) is 43.4 Å². The topological polar surface area (TPSA) is 348 Å². The predicted molar refractivity (Wildman–Crippen MR) is 275 cm³/mol. The summed E-state index contributed by atoms with van der Waals surface area (Å²) in [4.78, 5) is 40.4. The lowest BCUT2D eigenvalue weighted by Gasteiger charge is -2.72. The molecule has 3 aliphatic heterocycles. The Labute approximate surface area is 462 Å². The standard InChI is InChI=1S/C57H90O22/c1-12-25(3)47(70)78-44-45(79-48(71)26(4)13-2)57(24-60)28(20-52(44,5)6)27-14-15-32-54(9)18-17-34(53(7,8)31(54)16-19-55(32,10)56(27,11)21-33(57)61)74-51-43(77-50-39(66)37(64)35(62)29(22-58)72-50)41(40(67)42(76-51)46(68)69)75-49-38(65)36(63)30(23-59)73-49/h12,14,26,28-45,49-51,58-67H,13,15-24H2,1-11H3,(H,68,69)/b25-12-/t26-,28+,29-,30+,31+,32-,33-,34+,35+,36+,37+,38-,39-,40+,41+,42+,43-,44+,45+,49+,50+,51-,54+,55-,56-,57+/m1/s1. The monoisotopic (exact) mass is 1130 g/mol. The first-order valence-corrected chi connectivity index (χ1v) is 28.4. The van der Waals surface area contributed by atoms with E-state index in [4.69, 9.17) is 37.9 Å². The van der Waals surface area contributed by atoms with E-state index in [0.29, 0.717) is 50.5 Å². The van der Waals surface area contributed by atoms with E-state index in [2.05, 4.69) is 40.7 Å². The fourth-order valence-corrected chi connectivity index (χ4v) is 16.3. The molecule has 0 aromatic carbocycles. The number of carbonyl (C=O) groups excluding carboxylic acids is 2. The average Bonchev–Trinajstić information content (AvgIpc) is 3.80. The molecule has 4 saturated carbocycles. The minimum atomic E-state index is -2.10. The van der Waals surface area contributed by atoms with E-state index >= 15 is 0 Å². The third-order valence-corrected chi connectivity index (χ3v) is 21.5. The molecule has 8 rings (SSSR count). The Hall–Kier alpha value is -2.75. The van der Waals surface area contributed by atoms with Gasteiger partial charge in [-0.05, 0) is 105 Å². The highest BCUT2D eigenvalue weighted by molar-refractivity contribution is 5.87. The van der Waals surface area contributed by atoms with Crippen LogP contribution in [0.3, 0.4) is 0 Å². The van der Waals surface area contributed by atoms with Crippen molar-refractivity contribution in [2.75, 3.05) is 19.8 Å². The van der Waals surface area contributed by atoms with Crippen molar-refractivity contribution in [3.63, 3.8) is 0 Å². The number of hydrogen-bond acceptors (Lipinski definition) is 21. The fourth-order valence-electron chi connectivity index (χ4n) is 16.3. The van der Waals surface area contributed by atoms with Gasteiger partial charge in [-0.1, -0.05) is 80.0 Å². The fraction of sp³-hybridized carbons (Fsp3) is 0.877. The predicted octanol–water partition coefficient (Wildman–Crippen LogP) is 1.37. The Morgan fingerprint density at radius 2 is 1.32 bits per heavy atom. The lowest BCUT2D eigenvalue weighted by atomic mass is 9.33. The molecule has 7 fully saturated rings. The molecule has 0 spiro atoms. The van der Waals surface area contributed by atoms with E-state index in [1.165, 1.54) is 0 Å². The molecule has 0 radical (unpaired) electrons. The van der Waals surface area contributed by atoms with Crippen molar-refractivity contribution in [3.8, 4) is 0 Å². The molecule has 3 heterocycles. The van der Waals surface area contributed by atoms with Crippen molar-refractivity contribution in [3.05, 3.63) is 23.3 Å². The number of carboxylic acid groups (broad SMARTS) is 1. The average molecular weight is 1130 g/mol. The van der Waals surface area contributed by atoms with Gasteiger partial charge in [0.15, 0.2) is 25.0 Å². The molecule has 0 bridgehead atoms. The summed E-state index contributed by atoms with van der Waals surface area (Å²) in [5, 5.41) is 121. The number of carbonyl (C=O) groups is 3. The van der Waals surface area contributed by atoms with Crippen LogP contribution in [-0.2, 0) is 52.3 Å². The number of aliphatic hydroxyl groups excluding tert-OH is 10. The van der Waals surface area contributed by atoms with Crippen molar-refractivity contribution in [1.29, 1.82) is 0 Å². The third kappa shape index (κ3) is 10.1. The molecule has 5 aliphatic carbocycles. The number of allylic oxidation sites excluding steroid dienone is 3. The first kappa shape index (κ1) is 62.3. The zero-order chi connectivity index (χ0) is 58.4. The molecule has 450 valence electrons. The van der Waals surface area contributed by atoms with Crippen LogP contribution in [0.1, 0.15) is 128 Å². The number of carboxylic acids is 1. The number of hydrogen-bond donors (Lipinski definition) is 11. The smallest absolute Gasteiger partial charge is 0.335 e. The molecule has 8 aliphatic rings. The van der Waals surface area contributed by atoms with Crippen LogP contribution in [0.4, 0.5) is 0 Å². The highest BCUT2D eigenvalue weighted by Gasteiger charge is 2.74. The summed E-state index contributed by atoms with van der Waals surface area (Å²) >= 11 is 0. The van der Waals surface area contributed by atoms with Crippen LogP contribution in [-0.4, -0.2) is 204 Å². The molecule has 0 aromatic heterocycles. The Balaban J connectivity index is 1.12. The van der Waals surface area contributed by atoms with Crippen LogP contribution in [0.5, 0.6) is 0 Å². The summed E-state index contributed by atoms with van der Waals surface area (Å²) in [6, 6.07) is 0. The summed E-state index contributed by atoms with van der Waals surface area (Å²) in [5.41, 5.74) is -2.92. The second-order valence-corrected chi connectivity index (χ2v) is 26.3. The summed E-state index contributed by atoms with van der Waals surface area (Å²) in [6.07, 6.45) is -21.1. The first-order chi connectivity index (χ1) is 36.9. The minimum Gasteiger partial charge on any atom is -0.479 e. The molecular formula is C57H90O22.